The Labute approximate surface area is 125 Å². The molecule has 1 N–H and O–H groups in total. The molecule has 1 aromatic heterocycles. The average molecular weight is 279 g/mol. The number of fused-ring (bicyclic) bond motifs is 1. The molecule has 108 valence electrons. The van der Waals surface area contributed by atoms with E-state index in [4.69, 9.17) is 0 Å². The van der Waals surface area contributed by atoms with Crippen LogP contribution in [0.5, 0.6) is 0 Å². The van der Waals surface area contributed by atoms with Gasteiger partial charge in [0.05, 0.1) is 11.0 Å². The second kappa shape index (κ2) is 6.10. The fourth-order valence-electron chi connectivity index (χ4n) is 2.59. The number of nitrogens with one attached hydrogen (secondary N) is 1. The van der Waals surface area contributed by atoms with Gasteiger partial charge >= 0.3 is 0 Å². The van der Waals surface area contributed by atoms with Gasteiger partial charge in [0.1, 0.15) is 6.33 Å². The maximum atomic E-state index is 4.47. The number of para-hydroxylation sites is 2. The van der Waals surface area contributed by atoms with E-state index in [1.807, 2.05) is 18.5 Å². The molecular formula is C18H21N3. The Morgan fingerprint density at radius 2 is 2.00 bits per heavy atom. The summed E-state index contributed by atoms with van der Waals surface area (Å²) in [5.74, 6) is 0. The molecule has 0 saturated carbocycles. The van der Waals surface area contributed by atoms with Gasteiger partial charge in [-0.3, -0.25) is 4.57 Å². The van der Waals surface area contributed by atoms with Crippen LogP contribution in [0.1, 0.15) is 31.9 Å². The van der Waals surface area contributed by atoms with Crippen molar-refractivity contribution in [1.82, 2.24) is 14.9 Å². The summed E-state index contributed by atoms with van der Waals surface area (Å²) in [7, 11) is 0. The van der Waals surface area contributed by atoms with Crippen LogP contribution in [0.4, 0.5) is 0 Å². The molecule has 3 rings (SSSR count). The molecular weight excluding hydrogens is 258 g/mol. The predicted molar refractivity (Wildman–Crippen MR) is 87.8 cm³/mol. The Morgan fingerprint density at radius 3 is 2.86 bits per heavy atom. The van der Waals surface area contributed by atoms with E-state index in [2.05, 4.69) is 65.1 Å². The second-order valence-electron chi connectivity index (χ2n) is 5.37. The van der Waals surface area contributed by atoms with Gasteiger partial charge in [0, 0.05) is 11.7 Å². The van der Waals surface area contributed by atoms with Crippen molar-refractivity contribution >= 4 is 11.0 Å². The van der Waals surface area contributed by atoms with Gasteiger partial charge in [-0.15, -0.1) is 0 Å². The van der Waals surface area contributed by atoms with Crippen molar-refractivity contribution in [2.24, 2.45) is 0 Å². The van der Waals surface area contributed by atoms with E-state index in [9.17, 15) is 0 Å². The summed E-state index contributed by atoms with van der Waals surface area (Å²) in [6, 6.07) is 17.2. The van der Waals surface area contributed by atoms with E-state index in [1.54, 1.807) is 0 Å². The number of hydrogen-bond donors (Lipinski definition) is 1. The van der Waals surface area contributed by atoms with Crippen LogP contribution in [-0.2, 0) is 0 Å². The number of nitrogens with zero attached hydrogens (tertiary/aromatic N) is 2. The van der Waals surface area contributed by atoms with Crippen LogP contribution < -0.4 is 5.32 Å². The SMILES string of the molecule is CCCNC(C)c1cccc(-n2cnc3ccccc32)c1. The molecule has 2 aromatic carbocycles. The lowest BCUT2D eigenvalue weighted by molar-refractivity contribution is 0.570. The molecule has 21 heavy (non-hydrogen) atoms. The van der Waals surface area contributed by atoms with E-state index >= 15 is 0 Å². The van der Waals surface area contributed by atoms with Crippen molar-refractivity contribution in [3.63, 3.8) is 0 Å². The first kappa shape index (κ1) is 13.8. The normalized spacial score (nSPS) is 12.7. The van der Waals surface area contributed by atoms with E-state index in [0.717, 1.165) is 29.7 Å². The first-order chi connectivity index (χ1) is 10.3. The van der Waals surface area contributed by atoms with Gasteiger partial charge in [0.15, 0.2) is 0 Å². The van der Waals surface area contributed by atoms with E-state index < -0.39 is 0 Å². The quantitative estimate of drug-likeness (QED) is 0.762. The molecule has 0 radical (unpaired) electrons. The molecule has 0 aliphatic heterocycles. The Morgan fingerprint density at radius 1 is 1.14 bits per heavy atom. The molecule has 1 heterocycles. The summed E-state index contributed by atoms with van der Waals surface area (Å²) < 4.78 is 2.14. The van der Waals surface area contributed by atoms with Gasteiger partial charge in [-0.05, 0) is 49.7 Å². The minimum Gasteiger partial charge on any atom is -0.310 e. The minimum atomic E-state index is 0.361. The molecule has 1 unspecified atom stereocenters. The summed E-state index contributed by atoms with van der Waals surface area (Å²) in [6.07, 6.45) is 3.05. The van der Waals surface area contributed by atoms with E-state index in [1.165, 1.54) is 5.56 Å². The van der Waals surface area contributed by atoms with Crippen molar-refractivity contribution in [1.29, 1.82) is 0 Å². The Kier molecular flexibility index (Phi) is 4.02. The summed E-state index contributed by atoms with van der Waals surface area (Å²) in [6.45, 7) is 5.44. The van der Waals surface area contributed by atoms with Gasteiger partial charge in [-0.1, -0.05) is 31.2 Å². The monoisotopic (exact) mass is 279 g/mol. The van der Waals surface area contributed by atoms with Crippen molar-refractivity contribution in [3.05, 3.63) is 60.4 Å². The highest BCUT2D eigenvalue weighted by atomic mass is 15.0. The maximum absolute atomic E-state index is 4.47. The zero-order valence-corrected chi connectivity index (χ0v) is 12.6. The molecule has 0 aliphatic rings. The highest BCUT2D eigenvalue weighted by molar-refractivity contribution is 5.77. The summed E-state index contributed by atoms with van der Waals surface area (Å²) in [5.41, 5.74) is 4.63. The maximum Gasteiger partial charge on any atom is 0.100 e. The van der Waals surface area contributed by atoms with Crippen LogP contribution in [0.2, 0.25) is 0 Å². The third kappa shape index (κ3) is 2.83. The highest BCUT2D eigenvalue weighted by Crippen LogP contribution is 2.21. The van der Waals surface area contributed by atoms with Gasteiger partial charge in [-0.2, -0.15) is 0 Å². The lowest BCUT2D eigenvalue weighted by Crippen LogP contribution is -2.19. The van der Waals surface area contributed by atoms with Crippen LogP contribution >= 0.6 is 0 Å². The molecule has 0 fully saturated rings. The summed E-state index contributed by atoms with van der Waals surface area (Å²) in [5, 5.41) is 3.53. The smallest absolute Gasteiger partial charge is 0.100 e. The number of hydrogen-bond acceptors (Lipinski definition) is 2. The third-order valence-corrected chi connectivity index (χ3v) is 3.80. The van der Waals surface area contributed by atoms with Gasteiger partial charge in [0.25, 0.3) is 0 Å². The molecule has 3 nitrogen and oxygen atoms in total. The van der Waals surface area contributed by atoms with Crippen LogP contribution in [0.15, 0.2) is 54.9 Å². The lowest BCUT2D eigenvalue weighted by Gasteiger charge is -2.15. The first-order valence-corrected chi connectivity index (χ1v) is 7.55. The average Bonchev–Trinajstić information content (AvgIpc) is 2.97. The first-order valence-electron chi connectivity index (χ1n) is 7.55. The summed E-state index contributed by atoms with van der Waals surface area (Å²) >= 11 is 0. The van der Waals surface area contributed by atoms with Crippen molar-refractivity contribution in [2.75, 3.05) is 6.54 Å². The molecule has 0 bridgehead atoms. The number of benzene rings is 2. The molecule has 3 aromatic rings. The van der Waals surface area contributed by atoms with E-state index in [0.29, 0.717) is 6.04 Å². The Bertz CT molecular complexity index is 730. The van der Waals surface area contributed by atoms with Gasteiger partial charge in [-0.25, -0.2) is 4.98 Å². The molecule has 0 aliphatic carbocycles. The second-order valence-corrected chi connectivity index (χ2v) is 5.37. The fraction of sp³-hybridized carbons (Fsp3) is 0.278. The standard InChI is InChI=1S/C18H21N3/c1-3-11-19-14(2)15-7-6-8-16(12-15)21-13-20-17-9-4-5-10-18(17)21/h4-10,12-14,19H,3,11H2,1-2H3. The van der Waals surface area contributed by atoms with Gasteiger partial charge in [0.2, 0.25) is 0 Å². The van der Waals surface area contributed by atoms with Crippen LogP contribution in [0, 0.1) is 0 Å². The van der Waals surface area contributed by atoms with Gasteiger partial charge < -0.3 is 5.32 Å². The predicted octanol–water partition coefficient (Wildman–Crippen LogP) is 4.09. The largest absolute Gasteiger partial charge is 0.310 e. The number of aromatic nitrogens is 2. The van der Waals surface area contributed by atoms with Crippen molar-refractivity contribution in [2.45, 2.75) is 26.3 Å². The molecule has 0 amide bonds. The number of imidazole rings is 1. The molecule has 0 saturated heterocycles. The third-order valence-electron chi connectivity index (χ3n) is 3.80. The molecule has 3 heteroatoms. The zero-order valence-electron chi connectivity index (χ0n) is 12.6. The topological polar surface area (TPSA) is 29.9 Å². The van der Waals surface area contributed by atoms with Crippen molar-refractivity contribution in [3.8, 4) is 5.69 Å². The molecule has 0 spiro atoms. The highest BCUT2D eigenvalue weighted by Gasteiger charge is 2.07. The van der Waals surface area contributed by atoms with Crippen LogP contribution in [-0.4, -0.2) is 16.1 Å². The molecule has 1 atom stereocenters. The Hall–Kier alpha value is -2.13. The zero-order chi connectivity index (χ0) is 14.7. The van der Waals surface area contributed by atoms with Crippen molar-refractivity contribution < 1.29 is 0 Å². The lowest BCUT2D eigenvalue weighted by atomic mass is 10.1. The summed E-state index contributed by atoms with van der Waals surface area (Å²) in [4.78, 5) is 4.47. The van der Waals surface area contributed by atoms with E-state index in [-0.39, 0.29) is 0 Å². The fourth-order valence-corrected chi connectivity index (χ4v) is 2.59. The number of rotatable bonds is 5. The van der Waals surface area contributed by atoms with Crippen LogP contribution in [0.3, 0.4) is 0 Å². The van der Waals surface area contributed by atoms with Crippen LogP contribution in [0.25, 0.3) is 16.7 Å². The Balaban J connectivity index is 1.96. The minimum absolute atomic E-state index is 0.361.